The Balaban J connectivity index is 2.31. The van der Waals surface area contributed by atoms with Crippen LogP contribution in [0.25, 0.3) is 0 Å². The number of fused-ring (bicyclic) bond motifs is 1. The van der Waals surface area contributed by atoms with Crippen molar-refractivity contribution in [1.29, 1.82) is 0 Å². The van der Waals surface area contributed by atoms with Gasteiger partial charge in [0.1, 0.15) is 17.9 Å². The summed E-state index contributed by atoms with van der Waals surface area (Å²) in [4.78, 5) is 24.5. The van der Waals surface area contributed by atoms with Crippen molar-refractivity contribution in [3.8, 4) is 5.75 Å². The average molecular weight is 364 g/mol. The molecule has 1 aliphatic rings. The molecule has 25 heavy (non-hydrogen) atoms. The third-order valence-electron chi connectivity index (χ3n) is 3.75. The maximum absolute atomic E-state index is 12.3. The summed E-state index contributed by atoms with van der Waals surface area (Å²) in [6, 6.07) is 7.77. The van der Waals surface area contributed by atoms with E-state index in [2.05, 4.69) is 0 Å². The fraction of sp³-hybridized carbons (Fsp3) is 0.176. The van der Waals surface area contributed by atoms with Crippen molar-refractivity contribution in [3.63, 3.8) is 0 Å². The molecule has 1 aromatic heterocycles. The zero-order valence-corrected chi connectivity index (χ0v) is 13.9. The van der Waals surface area contributed by atoms with Crippen LogP contribution in [0.4, 0.5) is 0 Å². The average Bonchev–Trinajstić information content (AvgIpc) is 2.60. The van der Waals surface area contributed by atoms with Gasteiger partial charge in [0.05, 0.1) is 13.0 Å². The molecule has 0 radical (unpaired) electrons. The molecule has 1 aliphatic heterocycles. The van der Waals surface area contributed by atoms with Crippen molar-refractivity contribution in [2.45, 2.75) is 12.5 Å². The van der Waals surface area contributed by atoms with E-state index in [4.69, 9.17) is 31.2 Å². The highest BCUT2D eigenvalue weighted by atomic mass is 35.5. The molecule has 0 bridgehead atoms. The highest BCUT2D eigenvalue weighted by molar-refractivity contribution is 6.30. The van der Waals surface area contributed by atoms with E-state index < -0.39 is 23.9 Å². The van der Waals surface area contributed by atoms with Gasteiger partial charge in [-0.1, -0.05) is 23.7 Å². The lowest BCUT2D eigenvalue weighted by Gasteiger charge is -2.26. The number of benzene rings is 1. The molecule has 7 nitrogen and oxygen atoms in total. The zero-order chi connectivity index (χ0) is 18.1. The molecular formula is C17H14ClNO6. The first kappa shape index (κ1) is 17.1. The molecule has 0 unspecified atom stereocenters. The SMILES string of the molecule is COC(=O)C1=C(N)Oc2c(oc(CO)cc2=O)[C@@H]1c1cccc(Cl)c1. The van der Waals surface area contributed by atoms with E-state index in [9.17, 15) is 14.7 Å². The minimum Gasteiger partial charge on any atom is -0.465 e. The molecule has 130 valence electrons. The number of halogens is 1. The first-order valence-electron chi connectivity index (χ1n) is 7.25. The number of esters is 1. The third kappa shape index (κ3) is 2.99. The van der Waals surface area contributed by atoms with Crippen LogP contribution in [0, 0.1) is 0 Å². The van der Waals surface area contributed by atoms with Gasteiger partial charge in [-0.05, 0) is 17.7 Å². The van der Waals surface area contributed by atoms with Gasteiger partial charge in [-0.3, -0.25) is 4.79 Å². The Morgan fingerprint density at radius 3 is 2.80 bits per heavy atom. The Kier molecular flexibility index (Phi) is 4.52. The van der Waals surface area contributed by atoms with E-state index in [-0.39, 0.29) is 28.7 Å². The van der Waals surface area contributed by atoms with Gasteiger partial charge < -0.3 is 24.7 Å². The molecule has 3 rings (SSSR count). The predicted octanol–water partition coefficient (Wildman–Crippen LogP) is 1.65. The molecule has 0 aliphatic carbocycles. The van der Waals surface area contributed by atoms with E-state index in [0.717, 1.165) is 6.07 Å². The number of rotatable bonds is 3. The number of carbonyl (C=O) groups excluding carboxylic acids is 1. The highest BCUT2D eigenvalue weighted by Gasteiger charge is 2.39. The van der Waals surface area contributed by atoms with Gasteiger partial charge in [0.2, 0.25) is 17.1 Å². The van der Waals surface area contributed by atoms with Gasteiger partial charge in [0.25, 0.3) is 0 Å². The van der Waals surface area contributed by atoms with Crippen molar-refractivity contribution in [3.05, 3.63) is 74.1 Å². The van der Waals surface area contributed by atoms with Gasteiger partial charge in [-0.15, -0.1) is 0 Å². The summed E-state index contributed by atoms with van der Waals surface area (Å²) in [6.45, 7) is -0.489. The number of hydrogen-bond donors (Lipinski definition) is 2. The van der Waals surface area contributed by atoms with Crippen molar-refractivity contribution >= 4 is 17.6 Å². The quantitative estimate of drug-likeness (QED) is 0.797. The van der Waals surface area contributed by atoms with Crippen LogP contribution in [0.1, 0.15) is 23.0 Å². The first-order valence-corrected chi connectivity index (χ1v) is 7.63. The normalized spacial score (nSPS) is 16.2. The smallest absolute Gasteiger partial charge is 0.340 e. The number of ether oxygens (including phenoxy) is 2. The molecule has 0 saturated carbocycles. The van der Waals surface area contributed by atoms with Crippen LogP contribution in [0.5, 0.6) is 5.75 Å². The van der Waals surface area contributed by atoms with E-state index in [1.165, 1.54) is 7.11 Å². The summed E-state index contributed by atoms with van der Waals surface area (Å²) in [5.74, 6) is -1.92. The van der Waals surface area contributed by atoms with E-state index in [0.29, 0.717) is 10.6 Å². The summed E-state index contributed by atoms with van der Waals surface area (Å²) in [7, 11) is 1.20. The van der Waals surface area contributed by atoms with Crippen LogP contribution in [0.15, 0.2) is 51.0 Å². The Labute approximate surface area is 147 Å². The van der Waals surface area contributed by atoms with E-state index >= 15 is 0 Å². The van der Waals surface area contributed by atoms with Crippen LogP contribution in [-0.4, -0.2) is 18.2 Å². The lowest BCUT2D eigenvalue weighted by Crippen LogP contribution is -2.29. The maximum Gasteiger partial charge on any atom is 0.340 e. The summed E-state index contributed by atoms with van der Waals surface area (Å²) in [5.41, 5.74) is 5.88. The molecule has 8 heteroatoms. The van der Waals surface area contributed by atoms with Gasteiger partial charge in [0.15, 0.2) is 5.76 Å². The molecular weight excluding hydrogens is 350 g/mol. The van der Waals surface area contributed by atoms with Crippen LogP contribution in [-0.2, 0) is 16.1 Å². The Bertz CT molecular complexity index is 933. The standard InChI is InChI=1S/C17H14ClNO6/c1-23-17(22)13-12(8-3-2-4-9(18)5-8)15-14(25-16(13)19)11(21)6-10(7-20)24-15/h2-6,12,20H,7,19H2,1H3/t12-/m1/s1. The third-order valence-corrected chi connectivity index (χ3v) is 3.99. The summed E-state index contributed by atoms with van der Waals surface area (Å²) < 4.78 is 15.7. The molecule has 2 aromatic rings. The first-order chi connectivity index (χ1) is 12.0. The molecule has 1 atom stereocenters. The van der Waals surface area contributed by atoms with Crippen LogP contribution >= 0.6 is 11.6 Å². The molecule has 0 fully saturated rings. The minimum atomic E-state index is -0.867. The van der Waals surface area contributed by atoms with Crippen molar-refractivity contribution in [2.24, 2.45) is 5.73 Å². The number of methoxy groups -OCH3 is 1. The number of aliphatic hydroxyl groups excluding tert-OH is 1. The van der Waals surface area contributed by atoms with Crippen LogP contribution in [0.3, 0.4) is 0 Å². The van der Waals surface area contributed by atoms with Gasteiger partial charge in [-0.2, -0.15) is 0 Å². The van der Waals surface area contributed by atoms with Crippen LogP contribution < -0.4 is 15.9 Å². The van der Waals surface area contributed by atoms with E-state index in [1.54, 1.807) is 24.3 Å². The summed E-state index contributed by atoms with van der Waals surface area (Å²) in [5, 5.41) is 9.74. The van der Waals surface area contributed by atoms with Crippen molar-refractivity contribution in [1.82, 2.24) is 0 Å². The fourth-order valence-electron chi connectivity index (χ4n) is 2.69. The lowest BCUT2D eigenvalue weighted by molar-refractivity contribution is -0.136. The van der Waals surface area contributed by atoms with Gasteiger partial charge >= 0.3 is 5.97 Å². The number of aliphatic hydroxyl groups is 1. The predicted molar refractivity (Wildman–Crippen MR) is 88.1 cm³/mol. The number of nitrogens with two attached hydrogens (primary N) is 1. The van der Waals surface area contributed by atoms with Crippen molar-refractivity contribution < 1.29 is 23.8 Å². The Morgan fingerprint density at radius 2 is 2.16 bits per heavy atom. The topological polar surface area (TPSA) is 112 Å². The Hall–Kier alpha value is -2.77. The summed E-state index contributed by atoms with van der Waals surface area (Å²) in [6.07, 6.45) is 0. The van der Waals surface area contributed by atoms with Crippen molar-refractivity contribution in [2.75, 3.05) is 7.11 Å². The molecule has 1 aromatic carbocycles. The number of hydrogen-bond acceptors (Lipinski definition) is 7. The second-order valence-electron chi connectivity index (χ2n) is 5.29. The van der Waals surface area contributed by atoms with Crippen LogP contribution in [0.2, 0.25) is 5.02 Å². The largest absolute Gasteiger partial charge is 0.465 e. The monoisotopic (exact) mass is 363 g/mol. The van der Waals surface area contributed by atoms with E-state index in [1.807, 2.05) is 0 Å². The summed E-state index contributed by atoms with van der Waals surface area (Å²) >= 11 is 6.05. The maximum atomic E-state index is 12.3. The Morgan fingerprint density at radius 1 is 1.40 bits per heavy atom. The highest BCUT2D eigenvalue weighted by Crippen LogP contribution is 2.42. The fourth-order valence-corrected chi connectivity index (χ4v) is 2.89. The van der Waals surface area contributed by atoms with Gasteiger partial charge in [0, 0.05) is 11.1 Å². The van der Waals surface area contributed by atoms with Gasteiger partial charge in [-0.25, -0.2) is 4.79 Å². The molecule has 0 amide bonds. The zero-order valence-electron chi connectivity index (χ0n) is 13.1. The molecule has 0 saturated heterocycles. The molecule has 0 spiro atoms. The number of carbonyl (C=O) groups is 1. The minimum absolute atomic E-state index is 0.0180. The lowest BCUT2D eigenvalue weighted by atomic mass is 9.86. The second-order valence-corrected chi connectivity index (χ2v) is 5.72. The molecule has 3 N–H and O–H groups in total. The molecule has 2 heterocycles. The second kappa shape index (κ2) is 6.62.